The second-order valence-corrected chi connectivity index (χ2v) is 4.06. The van der Waals surface area contributed by atoms with Crippen molar-refractivity contribution < 1.29 is 0 Å². The molecule has 1 aromatic heterocycles. The number of aromatic nitrogens is 1. The summed E-state index contributed by atoms with van der Waals surface area (Å²) in [5.41, 5.74) is 2.25. The van der Waals surface area contributed by atoms with E-state index in [1.807, 2.05) is 37.3 Å². The Bertz CT molecular complexity index is 469. The second kappa shape index (κ2) is 4.99. The topological polar surface area (TPSA) is 24.9 Å². The van der Waals surface area contributed by atoms with Crippen LogP contribution in [0.1, 0.15) is 11.1 Å². The molecule has 0 amide bonds. The normalized spacial score (nSPS) is 10.1. The van der Waals surface area contributed by atoms with Crippen LogP contribution in [-0.2, 0) is 6.54 Å². The van der Waals surface area contributed by atoms with Crippen LogP contribution in [0.3, 0.4) is 0 Å². The predicted molar refractivity (Wildman–Crippen MR) is 67.8 cm³/mol. The van der Waals surface area contributed by atoms with Gasteiger partial charge in [0.15, 0.2) is 0 Å². The molecular weight excluding hydrogens is 220 g/mol. The van der Waals surface area contributed by atoms with E-state index in [0.29, 0.717) is 0 Å². The SMILES string of the molecule is Cc1ccc(CNc2ccccn2)cc1Cl. The molecule has 2 nitrogen and oxygen atoms in total. The summed E-state index contributed by atoms with van der Waals surface area (Å²) >= 11 is 6.05. The lowest BCUT2D eigenvalue weighted by Gasteiger charge is -2.06. The van der Waals surface area contributed by atoms with Crippen molar-refractivity contribution in [2.75, 3.05) is 5.32 Å². The quantitative estimate of drug-likeness (QED) is 0.874. The van der Waals surface area contributed by atoms with E-state index in [9.17, 15) is 0 Å². The first kappa shape index (κ1) is 11.0. The summed E-state index contributed by atoms with van der Waals surface area (Å²) in [5.74, 6) is 0.874. The molecule has 2 aromatic rings. The summed E-state index contributed by atoms with van der Waals surface area (Å²) in [5, 5.41) is 4.04. The van der Waals surface area contributed by atoms with Crippen molar-refractivity contribution in [3.05, 3.63) is 58.7 Å². The summed E-state index contributed by atoms with van der Waals surface area (Å²) < 4.78 is 0. The third-order valence-corrected chi connectivity index (χ3v) is 2.78. The molecule has 0 radical (unpaired) electrons. The Labute approximate surface area is 100 Å². The smallest absolute Gasteiger partial charge is 0.126 e. The van der Waals surface area contributed by atoms with Crippen molar-refractivity contribution in [1.82, 2.24) is 4.98 Å². The lowest BCUT2D eigenvalue weighted by molar-refractivity contribution is 1.11. The zero-order valence-corrected chi connectivity index (χ0v) is 9.83. The highest BCUT2D eigenvalue weighted by Gasteiger charge is 1.98. The fourth-order valence-corrected chi connectivity index (χ4v) is 1.61. The third-order valence-electron chi connectivity index (χ3n) is 2.37. The average molecular weight is 233 g/mol. The molecule has 0 bridgehead atoms. The molecule has 0 atom stereocenters. The van der Waals surface area contributed by atoms with Crippen LogP contribution in [0.2, 0.25) is 5.02 Å². The maximum absolute atomic E-state index is 6.05. The van der Waals surface area contributed by atoms with Crippen molar-refractivity contribution in [2.24, 2.45) is 0 Å². The fraction of sp³-hybridized carbons (Fsp3) is 0.154. The Morgan fingerprint density at radius 3 is 2.81 bits per heavy atom. The van der Waals surface area contributed by atoms with Crippen molar-refractivity contribution in [2.45, 2.75) is 13.5 Å². The van der Waals surface area contributed by atoms with Crippen LogP contribution in [0, 0.1) is 6.92 Å². The Morgan fingerprint density at radius 2 is 2.12 bits per heavy atom. The standard InChI is InChI=1S/C13H13ClN2/c1-10-5-6-11(8-12(10)14)9-16-13-4-2-3-7-15-13/h2-8H,9H2,1H3,(H,15,16). The van der Waals surface area contributed by atoms with Gasteiger partial charge in [0.05, 0.1) is 0 Å². The molecule has 2 rings (SSSR count). The van der Waals surface area contributed by atoms with E-state index in [1.54, 1.807) is 6.20 Å². The summed E-state index contributed by atoms with van der Waals surface area (Å²) in [4.78, 5) is 4.19. The maximum Gasteiger partial charge on any atom is 0.126 e. The Balaban J connectivity index is 2.03. The molecule has 0 unspecified atom stereocenters. The Hall–Kier alpha value is -1.54. The lowest BCUT2D eigenvalue weighted by atomic mass is 10.1. The van der Waals surface area contributed by atoms with Crippen LogP contribution in [0.4, 0.5) is 5.82 Å². The molecule has 1 heterocycles. The van der Waals surface area contributed by atoms with E-state index in [4.69, 9.17) is 11.6 Å². The molecule has 1 aromatic carbocycles. The van der Waals surface area contributed by atoms with E-state index in [1.165, 1.54) is 0 Å². The molecule has 16 heavy (non-hydrogen) atoms. The average Bonchev–Trinajstić information content (AvgIpc) is 2.32. The minimum Gasteiger partial charge on any atom is -0.366 e. The monoisotopic (exact) mass is 232 g/mol. The first-order chi connectivity index (χ1) is 7.75. The van der Waals surface area contributed by atoms with Gasteiger partial charge in [-0.1, -0.05) is 29.8 Å². The van der Waals surface area contributed by atoms with Gasteiger partial charge in [0, 0.05) is 17.8 Å². The summed E-state index contributed by atoms with van der Waals surface area (Å²) in [7, 11) is 0. The van der Waals surface area contributed by atoms with Gasteiger partial charge in [-0.15, -0.1) is 0 Å². The highest BCUT2D eigenvalue weighted by molar-refractivity contribution is 6.31. The highest BCUT2D eigenvalue weighted by atomic mass is 35.5. The summed E-state index contributed by atoms with van der Waals surface area (Å²) in [6, 6.07) is 11.9. The van der Waals surface area contributed by atoms with Gasteiger partial charge in [0.2, 0.25) is 0 Å². The number of hydrogen-bond donors (Lipinski definition) is 1. The van der Waals surface area contributed by atoms with Gasteiger partial charge < -0.3 is 5.32 Å². The summed E-state index contributed by atoms with van der Waals surface area (Å²) in [6.45, 7) is 2.73. The Morgan fingerprint density at radius 1 is 1.25 bits per heavy atom. The number of halogens is 1. The molecule has 0 aliphatic rings. The van der Waals surface area contributed by atoms with Crippen molar-refractivity contribution >= 4 is 17.4 Å². The van der Waals surface area contributed by atoms with E-state index in [-0.39, 0.29) is 0 Å². The number of nitrogens with zero attached hydrogens (tertiary/aromatic N) is 1. The molecule has 0 saturated carbocycles. The molecular formula is C13H13ClN2. The van der Waals surface area contributed by atoms with E-state index >= 15 is 0 Å². The zero-order valence-electron chi connectivity index (χ0n) is 9.07. The lowest BCUT2D eigenvalue weighted by Crippen LogP contribution is -2.00. The van der Waals surface area contributed by atoms with Crippen LogP contribution in [0.25, 0.3) is 0 Å². The van der Waals surface area contributed by atoms with E-state index in [2.05, 4.69) is 16.4 Å². The highest BCUT2D eigenvalue weighted by Crippen LogP contribution is 2.17. The molecule has 0 aliphatic heterocycles. The summed E-state index contributed by atoms with van der Waals surface area (Å²) in [6.07, 6.45) is 1.77. The van der Waals surface area contributed by atoms with E-state index < -0.39 is 0 Å². The first-order valence-electron chi connectivity index (χ1n) is 5.15. The molecule has 3 heteroatoms. The molecule has 0 saturated heterocycles. The number of pyridine rings is 1. The van der Waals surface area contributed by atoms with Crippen LogP contribution in [-0.4, -0.2) is 4.98 Å². The van der Waals surface area contributed by atoms with Crippen LogP contribution in [0.15, 0.2) is 42.6 Å². The van der Waals surface area contributed by atoms with Crippen molar-refractivity contribution in [3.8, 4) is 0 Å². The molecule has 82 valence electrons. The second-order valence-electron chi connectivity index (χ2n) is 3.65. The molecule has 0 aliphatic carbocycles. The molecule has 0 fully saturated rings. The van der Waals surface area contributed by atoms with Gasteiger partial charge in [-0.3, -0.25) is 0 Å². The zero-order chi connectivity index (χ0) is 11.4. The van der Waals surface area contributed by atoms with Gasteiger partial charge in [-0.05, 0) is 36.2 Å². The van der Waals surface area contributed by atoms with E-state index in [0.717, 1.165) is 28.5 Å². The fourth-order valence-electron chi connectivity index (χ4n) is 1.41. The van der Waals surface area contributed by atoms with Gasteiger partial charge in [0.1, 0.15) is 5.82 Å². The number of benzene rings is 1. The minimum absolute atomic E-state index is 0.733. The van der Waals surface area contributed by atoms with Crippen LogP contribution >= 0.6 is 11.6 Å². The maximum atomic E-state index is 6.05. The number of aryl methyl sites for hydroxylation is 1. The number of hydrogen-bond acceptors (Lipinski definition) is 2. The first-order valence-corrected chi connectivity index (χ1v) is 5.53. The van der Waals surface area contributed by atoms with Crippen molar-refractivity contribution in [1.29, 1.82) is 0 Å². The minimum atomic E-state index is 0.733. The molecule has 1 N–H and O–H groups in total. The van der Waals surface area contributed by atoms with Crippen LogP contribution < -0.4 is 5.32 Å². The number of rotatable bonds is 3. The molecule has 0 spiro atoms. The number of anilines is 1. The largest absolute Gasteiger partial charge is 0.366 e. The van der Waals surface area contributed by atoms with Gasteiger partial charge in [-0.25, -0.2) is 4.98 Å². The van der Waals surface area contributed by atoms with Gasteiger partial charge in [0.25, 0.3) is 0 Å². The Kier molecular flexibility index (Phi) is 3.42. The van der Waals surface area contributed by atoms with Gasteiger partial charge in [-0.2, -0.15) is 0 Å². The number of nitrogens with one attached hydrogen (secondary N) is 1. The van der Waals surface area contributed by atoms with Crippen molar-refractivity contribution in [3.63, 3.8) is 0 Å². The van der Waals surface area contributed by atoms with Gasteiger partial charge >= 0.3 is 0 Å². The third kappa shape index (κ3) is 2.74. The van der Waals surface area contributed by atoms with Crippen LogP contribution in [0.5, 0.6) is 0 Å². The predicted octanol–water partition coefficient (Wildman–Crippen LogP) is 3.66.